The first-order chi connectivity index (χ1) is 12.6. The Morgan fingerprint density at radius 1 is 1.15 bits per heavy atom. The maximum Gasteiger partial charge on any atom is 0.0790 e. The summed E-state index contributed by atoms with van der Waals surface area (Å²) in [5.74, 6) is 1.33. The third-order valence-electron chi connectivity index (χ3n) is 5.47. The standard InChI is InChI=1S/C24H31OS.Y/c1-18(2)11-16-24(25)21-14-12-20(13-15-21)23-10-4-7-19(23)6-3-8-22-9-5-17-26-22;/h5,9-10,12-15,18-19,24-25H,3-4,6-8,11,16H2,1-2H3;/q-1;/t19-,24?;/m0./s1. The number of aliphatic hydroxyl groups excluding tert-OH is 1. The molecule has 2 aromatic rings. The van der Waals surface area contributed by atoms with Crippen molar-refractivity contribution < 1.29 is 37.8 Å². The van der Waals surface area contributed by atoms with Gasteiger partial charge in [-0.25, -0.2) is 6.07 Å². The second-order valence-corrected chi connectivity index (χ2v) is 8.92. The molecule has 1 heterocycles. The predicted molar refractivity (Wildman–Crippen MR) is 112 cm³/mol. The third-order valence-corrected chi connectivity index (χ3v) is 6.32. The van der Waals surface area contributed by atoms with Crippen LogP contribution < -0.4 is 0 Å². The van der Waals surface area contributed by atoms with Gasteiger partial charge in [0.05, 0.1) is 6.10 Å². The van der Waals surface area contributed by atoms with Crippen LogP contribution in [-0.2, 0) is 39.1 Å². The molecule has 0 saturated heterocycles. The largest absolute Gasteiger partial charge is 0.388 e. The summed E-state index contributed by atoms with van der Waals surface area (Å²) in [5, 5.41) is 13.6. The smallest absolute Gasteiger partial charge is 0.0790 e. The van der Waals surface area contributed by atoms with Crippen molar-refractivity contribution in [2.45, 2.75) is 64.9 Å². The molecule has 143 valence electrons. The number of allylic oxidation sites excluding steroid dienone is 2. The molecule has 1 aromatic carbocycles. The van der Waals surface area contributed by atoms with E-state index >= 15 is 0 Å². The van der Waals surface area contributed by atoms with Gasteiger partial charge in [-0.3, -0.25) is 0 Å². The Labute approximate surface area is 194 Å². The van der Waals surface area contributed by atoms with Crippen molar-refractivity contribution in [2.24, 2.45) is 11.8 Å². The Kier molecular flexibility index (Phi) is 9.94. The SMILES string of the molecule is CC(C)CCC(O)c1ccc(C2=CCC[C@@H]2CCCc2cc[c-]s2)cc1.[Y]. The van der Waals surface area contributed by atoms with Crippen molar-refractivity contribution in [1.29, 1.82) is 0 Å². The molecule has 0 aliphatic heterocycles. The van der Waals surface area contributed by atoms with Gasteiger partial charge in [-0.1, -0.05) is 57.0 Å². The van der Waals surface area contributed by atoms with Gasteiger partial charge in [-0.2, -0.15) is 6.07 Å². The quantitative estimate of drug-likeness (QED) is 0.410. The van der Waals surface area contributed by atoms with Gasteiger partial charge in [0.1, 0.15) is 0 Å². The molecular weight excluding hydrogens is 425 g/mol. The number of rotatable bonds is 9. The molecule has 3 rings (SSSR count). The topological polar surface area (TPSA) is 20.2 Å². The Bertz CT molecular complexity index is 688. The van der Waals surface area contributed by atoms with E-state index in [9.17, 15) is 5.11 Å². The maximum absolute atomic E-state index is 10.4. The first-order valence-corrected chi connectivity index (χ1v) is 10.9. The van der Waals surface area contributed by atoms with E-state index < -0.39 is 0 Å². The average molecular weight is 456 g/mol. The predicted octanol–water partition coefficient (Wildman–Crippen LogP) is 6.83. The number of thiophene rings is 1. The molecule has 27 heavy (non-hydrogen) atoms. The molecule has 0 bridgehead atoms. The van der Waals surface area contributed by atoms with E-state index in [0.29, 0.717) is 11.8 Å². The molecule has 2 atom stereocenters. The molecule has 3 heteroatoms. The zero-order valence-electron chi connectivity index (χ0n) is 16.7. The van der Waals surface area contributed by atoms with Crippen LogP contribution >= 0.6 is 11.3 Å². The molecule has 1 aromatic heterocycles. The van der Waals surface area contributed by atoms with Crippen LogP contribution in [-0.4, -0.2) is 5.11 Å². The van der Waals surface area contributed by atoms with Crippen molar-refractivity contribution in [3.63, 3.8) is 0 Å². The number of aryl methyl sites for hydroxylation is 1. The summed E-state index contributed by atoms with van der Waals surface area (Å²) in [6.07, 6.45) is 10.2. The first-order valence-electron chi connectivity index (χ1n) is 10.1. The molecule has 1 nitrogen and oxygen atoms in total. The van der Waals surface area contributed by atoms with Crippen LogP contribution in [0.5, 0.6) is 0 Å². The van der Waals surface area contributed by atoms with E-state index in [1.54, 1.807) is 11.3 Å². The Morgan fingerprint density at radius 3 is 2.59 bits per heavy atom. The minimum absolute atomic E-state index is 0. The van der Waals surface area contributed by atoms with Crippen LogP contribution in [0.15, 0.2) is 42.5 Å². The van der Waals surface area contributed by atoms with Gasteiger partial charge >= 0.3 is 0 Å². The summed E-state index contributed by atoms with van der Waals surface area (Å²) in [4.78, 5) is 1.45. The molecular formula is C24H31OSY-. The summed E-state index contributed by atoms with van der Waals surface area (Å²) in [6.45, 7) is 4.42. The van der Waals surface area contributed by atoms with Gasteiger partial charge in [0, 0.05) is 32.7 Å². The fourth-order valence-corrected chi connectivity index (χ4v) is 4.57. The number of hydrogen-bond donors (Lipinski definition) is 1. The van der Waals surface area contributed by atoms with Gasteiger partial charge < -0.3 is 16.4 Å². The Morgan fingerprint density at radius 2 is 1.93 bits per heavy atom. The van der Waals surface area contributed by atoms with Crippen LogP contribution in [0.1, 0.15) is 74.5 Å². The molecule has 1 radical (unpaired) electrons. The van der Waals surface area contributed by atoms with Crippen LogP contribution in [0.2, 0.25) is 0 Å². The minimum atomic E-state index is -0.331. The van der Waals surface area contributed by atoms with Crippen molar-refractivity contribution >= 4 is 16.9 Å². The third kappa shape index (κ3) is 6.93. The van der Waals surface area contributed by atoms with Gasteiger partial charge in [0.2, 0.25) is 0 Å². The van der Waals surface area contributed by atoms with Gasteiger partial charge in [0.15, 0.2) is 0 Å². The summed E-state index contributed by atoms with van der Waals surface area (Å²) >= 11 is 1.75. The molecule has 0 fully saturated rings. The van der Waals surface area contributed by atoms with E-state index in [-0.39, 0.29) is 38.8 Å². The molecule has 0 spiro atoms. The average Bonchev–Trinajstić information content (AvgIpc) is 3.32. The molecule has 1 aliphatic rings. The number of hydrogen-bond acceptors (Lipinski definition) is 2. The minimum Gasteiger partial charge on any atom is -0.388 e. The van der Waals surface area contributed by atoms with Crippen LogP contribution in [0.25, 0.3) is 5.57 Å². The summed E-state index contributed by atoms with van der Waals surface area (Å²) in [6, 6.07) is 12.9. The normalized spacial score (nSPS) is 17.6. The van der Waals surface area contributed by atoms with Crippen molar-refractivity contribution in [3.05, 3.63) is 63.9 Å². The molecule has 0 saturated carbocycles. The van der Waals surface area contributed by atoms with Gasteiger partial charge in [0.25, 0.3) is 0 Å². The van der Waals surface area contributed by atoms with Gasteiger partial charge in [-0.15, -0.1) is 10.3 Å². The van der Waals surface area contributed by atoms with E-state index in [1.165, 1.54) is 48.1 Å². The monoisotopic (exact) mass is 456 g/mol. The van der Waals surface area contributed by atoms with Crippen molar-refractivity contribution in [3.8, 4) is 0 Å². The molecule has 1 N–H and O–H groups in total. The molecule has 0 amide bonds. The maximum atomic E-state index is 10.4. The van der Waals surface area contributed by atoms with E-state index in [1.807, 2.05) is 6.07 Å². The number of aliphatic hydroxyl groups is 1. The fourth-order valence-electron chi connectivity index (χ4n) is 3.90. The zero-order chi connectivity index (χ0) is 18.4. The molecule has 1 unspecified atom stereocenters. The second-order valence-electron chi connectivity index (χ2n) is 7.95. The Balaban J connectivity index is 0.00000261. The summed E-state index contributed by atoms with van der Waals surface area (Å²) in [7, 11) is 0. The van der Waals surface area contributed by atoms with Crippen molar-refractivity contribution in [1.82, 2.24) is 0 Å². The van der Waals surface area contributed by atoms with Crippen LogP contribution in [0.4, 0.5) is 0 Å². The van der Waals surface area contributed by atoms with Gasteiger partial charge in [-0.05, 0) is 60.6 Å². The van der Waals surface area contributed by atoms with Crippen molar-refractivity contribution in [2.75, 3.05) is 0 Å². The van der Waals surface area contributed by atoms with E-state index in [4.69, 9.17) is 0 Å². The summed E-state index contributed by atoms with van der Waals surface area (Å²) < 4.78 is 0. The second kappa shape index (κ2) is 11.7. The zero-order valence-corrected chi connectivity index (χ0v) is 20.3. The number of benzene rings is 1. The fraction of sp³-hybridized carbons (Fsp3) is 0.500. The van der Waals surface area contributed by atoms with E-state index in [0.717, 1.165) is 18.4 Å². The van der Waals surface area contributed by atoms with Crippen LogP contribution in [0.3, 0.4) is 0 Å². The first kappa shape index (κ1) is 23.0. The molecule has 1 aliphatic carbocycles. The summed E-state index contributed by atoms with van der Waals surface area (Å²) in [5.41, 5.74) is 3.92. The van der Waals surface area contributed by atoms with E-state index in [2.05, 4.69) is 55.6 Å². The van der Waals surface area contributed by atoms with Crippen LogP contribution in [0, 0.1) is 17.2 Å². The Hall–Kier alpha value is -0.276.